The van der Waals surface area contributed by atoms with Gasteiger partial charge in [-0.25, -0.2) is 8.42 Å². The van der Waals surface area contributed by atoms with Crippen LogP contribution in [0.1, 0.15) is 17.5 Å². The van der Waals surface area contributed by atoms with Gasteiger partial charge >= 0.3 is 0 Å². The van der Waals surface area contributed by atoms with E-state index in [0.717, 1.165) is 43.8 Å². The van der Waals surface area contributed by atoms with Crippen LogP contribution in [0.25, 0.3) is 0 Å². The van der Waals surface area contributed by atoms with Crippen molar-refractivity contribution in [2.24, 2.45) is 0 Å². The van der Waals surface area contributed by atoms with E-state index < -0.39 is 10.0 Å². The first kappa shape index (κ1) is 19.9. The minimum atomic E-state index is -3.24. The average Bonchev–Trinajstić information content (AvgIpc) is 2.69. The third-order valence-corrected chi connectivity index (χ3v) is 6.88. The average molecular weight is 389 g/mol. The molecule has 0 aromatic heterocycles. The van der Waals surface area contributed by atoms with E-state index in [1.54, 1.807) is 11.4 Å². The van der Waals surface area contributed by atoms with Gasteiger partial charge in [-0.1, -0.05) is 48.5 Å². The Morgan fingerprint density at radius 2 is 1.59 bits per heavy atom. The molecule has 0 N–H and O–H groups in total. The fraction of sp³-hybridized carbons (Fsp3) is 0.429. The van der Waals surface area contributed by atoms with Crippen LogP contribution in [0.15, 0.2) is 54.6 Å². The van der Waals surface area contributed by atoms with Gasteiger partial charge in [0.2, 0.25) is 10.0 Å². The molecule has 0 amide bonds. The largest absolute Gasteiger partial charge is 0.496 e. The number of para-hydroxylation sites is 1. The van der Waals surface area contributed by atoms with Crippen molar-refractivity contribution in [3.63, 3.8) is 0 Å². The van der Waals surface area contributed by atoms with Crippen LogP contribution in [0.4, 0.5) is 0 Å². The Bertz CT molecular complexity index is 816. The molecule has 0 unspecified atom stereocenters. The summed E-state index contributed by atoms with van der Waals surface area (Å²) in [6, 6.07) is 17.5. The van der Waals surface area contributed by atoms with Gasteiger partial charge in [-0.2, -0.15) is 4.31 Å². The van der Waals surface area contributed by atoms with Crippen molar-refractivity contribution < 1.29 is 13.2 Å². The van der Waals surface area contributed by atoms with Crippen molar-refractivity contribution in [2.45, 2.75) is 18.6 Å². The van der Waals surface area contributed by atoms with Crippen molar-refractivity contribution in [3.05, 3.63) is 65.7 Å². The first-order chi connectivity index (χ1) is 13.1. The second-order valence-corrected chi connectivity index (χ2v) is 8.87. The molecule has 1 saturated heterocycles. The van der Waals surface area contributed by atoms with Crippen LogP contribution in [0.2, 0.25) is 0 Å². The highest BCUT2D eigenvalue weighted by atomic mass is 32.2. The van der Waals surface area contributed by atoms with Gasteiger partial charge in [-0.05, 0) is 36.6 Å². The number of ether oxygens (including phenoxy) is 1. The van der Waals surface area contributed by atoms with Crippen LogP contribution in [0.3, 0.4) is 0 Å². The summed E-state index contributed by atoms with van der Waals surface area (Å²) in [4.78, 5) is 2.35. The molecule has 146 valence electrons. The van der Waals surface area contributed by atoms with Gasteiger partial charge in [-0.3, -0.25) is 0 Å². The maximum absolute atomic E-state index is 12.6. The molecule has 6 heteroatoms. The lowest BCUT2D eigenvalue weighted by Gasteiger charge is -2.34. The van der Waals surface area contributed by atoms with Gasteiger partial charge in [0.1, 0.15) is 5.75 Å². The van der Waals surface area contributed by atoms with Gasteiger partial charge in [0.15, 0.2) is 0 Å². The summed E-state index contributed by atoms with van der Waals surface area (Å²) in [5.74, 6) is 1.02. The van der Waals surface area contributed by atoms with Crippen LogP contribution in [-0.4, -0.2) is 57.5 Å². The molecule has 1 aliphatic heterocycles. The summed E-state index contributed by atoms with van der Waals surface area (Å²) in [5, 5.41) is 0. The van der Waals surface area contributed by atoms with Gasteiger partial charge in [0, 0.05) is 26.2 Å². The molecular weight excluding hydrogens is 360 g/mol. The van der Waals surface area contributed by atoms with Gasteiger partial charge in [-0.15, -0.1) is 0 Å². The van der Waals surface area contributed by atoms with E-state index in [0.29, 0.717) is 13.1 Å². The van der Waals surface area contributed by atoms with E-state index in [1.165, 1.54) is 5.56 Å². The Kier molecular flexibility index (Phi) is 6.88. The van der Waals surface area contributed by atoms with E-state index in [9.17, 15) is 8.42 Å². The van der Waals surface area contributed by atoms with Crippen LogP contribution >= 0.6 is 0 Å². The smallest absolute Gasteiger partial charge is 0.218 e. The second-order valence-electron chi connectivity index (χ2n) is 6.90. The van der Waals surface area contributed by atoms with Crippen LogP contribution in [-0.2, 0) is 22.2 Å². The number of benzene rings is 2. The van der Waals surface area contributed by atoms with Crippen molar-refractivity contribution in [3.8, 4) is 5.75 Å². The van der Waals surface area contributed by atoms with Crippen molar-refractivity contribution in [2.75, 3.05) is 39.8 Å². The number of rotatable bonds is 8. The highest BCUT2D eigenvalue weighted by Gasteiger charge is 2.26. The minimum absolute atomic E-state index is 0.0850. The third-order valence-electron chi connectivity index (χ3n) is 5.03. The van der Waals surface area contributed by atoms with Crippen molar-refractivity contribution in [1.82, 2.24) is 9.21 Å². The summed E-state index contributed by atoms with van der Waals surface area (Å²) >= 11 is 0. The van der Waals surface area contributed by atoms with Crippen molar-refractivity contribution >= 4 is 10.0 Å². The maximum Gasteiger partial charge on any atom is 0.218 e. The summed E-state index contributed by atoms with van der Waals surface area (Å²) in [5.41, 5.74) is 2.07. The zero-order valence-electron chi connectivity index (χ0n) is 15.9. The SMILES string of the molecule is COc1ccccc1CCCN1CCN(S(=O)(=O)Cc2ccccc2)CC1. The molecule has 1 heterocycles. The molecule has 27 heavy (non-hydrogen) atoms. The minimum Gasteiger partial charge on any atom is -0.496 e. The lowest BCUT2D eigenvalue weighted by molar-refractivity contribution is 0.186. The second kappa shape index (κ2) is 9.35. The standard InChI is InChI=1S/C21H28N2O3S/c1-26-21-12-6-5-10-20(21)11-7-13-22-14-16-23(17-15-22)27(24,25)18-19-8-3-2-4-9-19/h2-6,8-10,12H,7,11,13-18H2,1H3. The molecule has 2 aromatic carbocycles. The quantitative estimate of drug-likeness (QED) is 0.698. The molecule has 3 rings (SSSR count). The molecule has 0 bridgehead atoms. The van der Waals surface area contributed by atoms with Crippen LogP contribution in [0.5, 0.6) is 5.75 Å². The van der Waals surface area contributed by atoms with E-state index in [1.807, 2.05) is 48.5 Å². The number of aryl methyl sites for hydroxylation is 1. The van der Waals surface area contributed by atoms with Gasteiger partial charge in [0.05, 0.1) is 12.9 Å². The number of hydrogen-bond acceptors (Lipinski definition) is 4. The zero-order valence-corrected chi connectivity index (χ0v) is 16.7. The molecule has 0 spiro atoms. The number of sulfonamides is 1. The predicted octanol–water partition coefficient (Wildman–Crippen LogP) is 2.78. The topological polar surface area (TPSA) is 49.9 Å². The van der Waals surface area contributed by atoms with E-state index >= 15 is 0 Å². The fourth-order valence-corrected chi connectivity index (χ4v) is 5.03. The molecule has 1 fully saturated rings. The number of hydrogen-bond donors (Lipinski definition) is 0. The number of methoxy groups -OCH3 is 1. The third kappa shape index (κ3) is 5.54. The van der Waals surface area contributed by atoms with Crippen LogP contribution in [0, 0.1) is 0 Å². The highest BCUT2D eigenvalue weighted by Crippen LogP contribution is 2.19. The Morgan fingerprint density at radius 1 is 0.926 bits per heavy atom. The Labute approximate surface area is 162 Å². The van der Waals surface area contributed by atoms with E-state index in [2.05, 4.69) is 11.0 Å². The van der Waals surface area contributed by atoms with E-state index in [4.69, 9.17) is 4.74 Å². The molecule has 5 nitrogen and oxygen atoms in total. The molecule has 0 atom stereocenters. The van der Waals surface area contributed by atoms with Gasteiger partial charge < -0.3 is 9.64 Å². The molecule has 0 aliphatic carbocycles. The number of nitrogens with zero attached hydrogens (tertiary/aromatic N) is 2. The first-order valence-corrected chi connectivity index (χ1v) is 11.1. The Morgan fingerprint density at radius 3 is 2.30 bits per heavy atom. The van der Waals surface area contributed by atoms with Crippen molar-refractivity contribution in [1.29, 1.82) is 0 Å². The lowest BCUT2D eigenvalue weighted by Crippen LogP contribution is -2.49. The Hall–Kier alpha value is -1.89. The molecule has 0 saturated carbocycles. The first-order valence-electron chi connectivity index (χ1n) is 9.44. The predicted molar refractivity (Wildman–Crippen MR) is 108 cm³/mol. The highest BCUT2D eigenvalue weighted by molar-refractivity contribution is 7.88. The van der Waals surface area contributed by atoms with E-state index in [-0.39, 0.29) is 5.75 Å². The fourth-order valence-electron chi connectivity index (χ4n) is 3.51. The van der Waals surface area contributed by atoms with Crippen LogP contribution < -0.4 is 4.74 Å². The monoisotopic (exact) mass is 388 g/mol. The number of piperazine rings is 1. The summed E-state index contributed by atoms with van der Waals surface area (Å²) < 4.78 is 32.3. The van der Waals surface area contributed by atoms with Gasteiger partial charge in [0.25, 0.3) is 0 Å². The summed E-state index contributed by atoms with van der Waals surface area (Å²) in [6.45, 7) is 3.71. The normalized spacial score (nSPS) is 16.3. The maximum atomic E-state index is 12.6. The molecule has 0 radical (unpaired) electrons. The summed E-state index contributed by atoms with van der Waals surface area (Å²) in [6.07, 6.45) is 2.01. The summed E-state index contributed by atoms with van der Waals surface area (Å²) in [7, 11) is -1.54. The molecule has 1 aliphatic rings. The molecule has 2 aromatic rings. The Balaban J connectivity index is 1.45. The lowest BCUT2D eigenvalue weighted by atomic mass is 10.1. The molecular formula is C21H28N2O3S. The zero-order chi connectivity index (χ0) is 19.1.